The Balaban J connectivity index is 1.32. The van der Waals surface area contributed by atoms with Crippen LogP contribution in [0.4, 0.5) is 0 Å². The Morgan fingerprint density at radius 3 is 2.10 bits per heavy atom. The van der Waals surface area contributed by atoms with Crippen molar-refractivity contribution in [2.75, 3.05) is 6.61 Å². The topological polar surface area (TPSA) is 157 Å². The van der Waals surface area contributed by atoms with Gasteiger partial charge in [0.05, 0.1) is 18.1 Å². The Labute approximate surface area is 230 Å². The van der Waals surface area contributed by atoms with Crippen molar-refractivity contribution in [2.24, 2.45) is 5.92 Å². The molecule has 1 fully saturated rings. The van der Waals surface area contributed by atoms with E-state index in [9.17, 15) is 24.3 Å². The van der Waals surface area contributed by atoms with Crippen molar-refractivity contribution in [3.63, 3.8) is 0 Å². The zero-order valence-electron chi connectivity index (χ0n) is 22.1. The van der Waals surface area contributed by atoms with Crippen LogP contribution in [-0.4, -0.2) is 57.6 Å². The van der Waals surface area contributed by atoms with E-state index in [2.05, 4.69) is 20.6 Å². The lowest BCUT2D eigenvalue weighted by Gasteiger charge is -2.33. The van der Waals surface area contributed by atoms with Crippen molar-refractivity contribution in [3.05, 3.63) is 89.4 Å². The summed E-state index contributed by atoms with van der Waals surface area (Å²) in [7, 11) is 0. The number of hydrogen-bond acceptors (Lipinski definition) is 9. The predicted octanol–water partition coefficient (Wildman–Crippen LogP) is 2.70. The Bertz CT molecular complexity index is 1320. The minimum atomic E-state index is -0.661. The van der Waals surface area contributed by atoms with Gasteiger partial charge in [0, 0.05) is 12.2 Å². The largest absolute Gasteiger partial charge is 0.493 e. The van der Waals surface area contributed by atoms with E-state index in [1.807, 2.05) is 60.7 Å². The molecule has 3 N–H and O–H groups in total. The molecular weight excluding hydrogens is 516 g/mol. The van der Waals surface area contributed by atoms with Gasteiger partial charge in [0.2, 0.25) is 11.7 Å². The summed E-state index contributed by atoms with van der Waals surface area (Å²) in [6, 6.07) is 17.9. The van der Waals surface area contributed by atoms with Crippen LogP contribution >= 0.6 is 0 Å². The maximum absolute atomic E-state index is 13.1. The number of ether oxygens (including phenoxy) is 2. The van der Waals surface area contributed by atoms with E-state index in [1.165, 1.54) is 0 Å². The van der Waals surface area contributed by atoms with E-state index in [-0.39, 0.29) is 23.5 Å². The van der Waals surface area contributed by atoms with E-state index < -0.39 is 48.2 Å². The van der Waals surface area contributed by atoms with Gasteiger partial charge < -0.3 is 25.2 Å². The van der Waals surface area contributed by atoms with Gasteiger partial charge in [-0.1, -0.05) is 60.7 Å². The minimum absolute atomic E-state index is 0.184. The molecule has 0 aliphatic heterocycles. The summed E-state index contributed by atoms with van der Waals surface area (Å²) in [6.07, 6.45) is 1.42. The van der Waals surface area contributed by atoms with Crippen LogP contribution in [0.5, 0.6) is 5.88 Å². The first kappa shape index (κ1) is 28.2. The van der Waals surface area contributed by atoms with Crippen LogP contribution in [0, 0.1) is 5.92 Å². The van der Waals surface area contributed by atoms with Gasteiger partial charge in [-0.3, -0.25) is 14.4 Å². The Morgan fingerprint density at radius 2 is 1.55 bits per heavy atom. The van der Waals surface area contributed by atoms with E-state index >= 15 is 0 Å². The molecule has 0 radical (unpaired) electrons. The number of aromatic hydroxyl groups is 1. The molecule has 2 amide bonds. The Hall–Kier alpha value is -4.80. The molecule has 1 aliphatic carbocycles. The van der Waals surface area contributed by atoms with E-state index in [0.29, 0.717) is 12.8 Å². The lowest BCUT2D eigenvalue weighted by Crippen LogP contribution is -2.47. The normalized spacial score (nSPS) is 16.1. The average molecular weight is 547 g/mol. The number of rotatable bonds is 10. The average Bonchev–Trinajstić information content (AvgIpc) is 2.92. The molecule has 11 nitrogen and oxygen atoms in total. The highest BCUT2D eigenvalue weighted by atomic mass is 16.6. The monoisotopic (exact) mass is 546 g/mol. The number of benzene rings is 2. The summed E-state index contributed by atoms with van der Waals surface area (Å²) < 4.78 is 9.87. The number of nitrogens with one attached hydrogen (secondary N) is 2. The van der Waals surface area contributed by atoms with Crippen LogP contribution in [0.25, 0.3) is 0 Å². The molecule has 11 heteroatoms. The smallest absolute Gasteiger partial charge is 0.344 e. The number of carbonyl (C=O) groups is 4. The van der Waals surface area contributed by atoms with Crippen LogP contribution in [0.2, 0.25) is 0 Å². The molecule has 2 aromatic carbocycles. The molecule has 1 aliphatic rings. The Morgan fingerprint density at radius 1 is 0.950 bits per heavy atom. The van der Waals surface area contributed by atoms with Gasteiger partial charge >= 0.3 is 11.9 Å². The fourth-order valence-electron chi connectivity index (χ4n) is 4.22. The third-order valence-electron chi connectivity index (χ3n) is 6.26. The molecule has 3 aromatic rings. The molecule has 0 saturated heterocycles. The van der Waals surface area contributed by atoms with Crippen molar-refractivity contribution in [1.29, 1.82) is 0 Å². The summed E-state index contributed by atoms with van der Waals surface area (Å²) >= 11 is 0. The van der Waals surface area contributed by atoms with Crippen LogP contribution < -0.4 is 10.6 Å². The summed E-state index contributed by atoms with van der Waals surface area (Å²) in [5, 5.41) is 16.0. The van der Waals surface area contributed by atoms with Crippen molar-refractivity contribution >= 4 is 23.8 Å². The number of hydrogen-bond donors (Lipinski definition) is 3. The number of carbonyl (C=O) groups excluding carboxylic acids is 4. The molecule has 0 unspecified atom stereocenters. The first-order valence-electron chi connectivity index (χ1n) is 12.8. The van der Waals surface area contributed by atoms with Crippen LogP contribution in [-0.2, 0) is 19.1 Å². The number of amides is 2. The second-order valence-corrected chi connectivity index (χ2v) is 9.64. The van der Waals surface area contributed by atoms with Crippen molar-refractivity contribution in [2.45, 2.75) is 44.9 Å². The molecular formula is C29H30N4O7. The van der Waals surface area contributed by atoms with E-state index in [4.69, 9.17) is 9.47 Å². The van der Waals surface area contributed by atoms with Gasteiger partial charge in [-0.25, -0.2) is 9.78 Å². The summed E-state index contributed by atoms with van der Waals surface area (Å²) in [6.45, 7) is 2.92. The maximum Gasteiger partial charge on any atom is 0.344 e. The lowest BCUT2D eigenvalue weighted by atomic mass is 9.80. The molecule has 0 atom stereocenters. The maximum atomic E-state index is 13.1. The summed E-state index contributed by atoms with van der Waals surface area (Å²) in [5.74, 6) is -3.86. The third kappa shape index (κ3) is 7.19. The predicted molar refractivity (Wildman–Crippen MR) is 142 cm³/mol. The quantitative estimate of drug-likeness (QED) is 0.325. The second kappa shape index (κ2) is 12.8. The molecule has 1 saturated carbocycles. The van der Waals surface area contributed by atoms with Gasteiger partial charge in [-0.05, 0) is 37.8 Å². The van der Waals surface area contributed by atoms with Gasteiger partial charge in [0.1, 0.15) is 5.56 Å². The van der Waals surface area contributed by atoms with Crippen LogP contribution in [0.1, 0.15) is 64.8 Å². The number of esters is 2. The van der Waals surface area contributed by atoms with Gasteiger partial charge in [0.25, 0.3) is 11.8 Å². The standard InChI is InChI=1S/C29H30N4O7/c1-17(2)40-23(34)16-39-29(38)20-13-21(14-20)31-28(37)25-30-15-22(27(36)33-25)26(35)32-24(18-9-5-3-6-10-18)19-11-7-4-8-12-19/h3-12,15,17,20-21,24H,13-14,16H2,1-2H3,(H,31,37)(H,32,35)(H,30,33,36)/t20-,21-. The lowest BCUT2D eigenvalue weighted by molar-refractivity contribution is -0.165. The summed E-state index contributed by atoms with van der Waals surface area (Å²) in [5.41, 5.74) is 1.50. The Kier molecular flexibility index (Phi) is 9.05. The minimum Gasteiger partial charge on any atom is -0.493 e. The molecule has 1 aromatic heterocycles. The molecule has 0 bridgehead atoms. The van der Waals surface area contributed by atoms with Crippen molar-refractivity contribution < 1.29 is 33.8 Å². The SMILES string of the molecule is CC(C)OC(=O)COC(=O)[C@H]1C[C@H](NC(=O)c2ncc(C(=O)NC(c3ccccc3)c3ccccc3)c(O)n2)C1. The molecule has 1 heterocycles. The van der Waals surface area contributed by atoms with Gasteiger partial charge in [-0.15, -0.1) is 0 Å². The van der Waals surface area contributed by atoms with E-state index in [1.54, 1.807) is 13.8 Å². The third-order valence-corrected chi connectivity index (χ3v) is 6.26. The van der Waals surface area contributed by atoms with Crippen LogP contribution in [0.15, 0.2) is 66.9 Å². The highest BCUT2D eigenvalue weighted by Gasteiger charge is 2.37. The van der Waals surface area contributed by atoms with E-state index in [0.717, 1.165) is 17.3 Å². The molecule has 40 heavy (non-hydrogen) atoms. The molecule has 4 rings (SSSR count). The van der Waals surface area contributed by atoms with Crippen molar-refractivity contribution in [1.82, 2.24) is 20.6 Å². The summed E-state index contributed by atoms with van der Waals surface area (Å²) in [4.78, 5) is 57.0. The van der Waals surface area contributed by atoms with Gasteiger partial charge in [0.15, 0.2) is 6.61 Å². The van der Waals surface area contributed by atoms with Crippen molar-refractivity contribution in [3.8, 4) is 5.88 Å². The number of aromatic nitrogens is 2. The number of nitrogens with zero attached hydrogens (tertiary/aromatic N) is 2. The zero-order chi connectivity index (χ0) is 28.6. The first-order chi connectivity index (χ1) is 19.2. The highest BCUT2D eigenvalue weighted by molar-refractivity contribution is 5.97. The fraction of sp³-hybridized carbons (Fsp3) is 0.310. The van der Waals surface area contributed by atoms with Crippen LogP contribution in [0.3, 0.4) is 0 Å². The second-order valence-electron chi connectivity index (χ2n) is 9.64. The first-order valence-corrected chi connectivity index (χ1v) is 12.8. The fourth-order valence-corrected chi connectivity index (χ4v) is 4.22. The highest BCUT2D eigenvalue weighted by Crippen LogP contribution is 2.29. The molecule has 0 spiro atoms. The molecule has 208 valence electrons. The zero-order valence-corrected chi connectivity index (χ0v) is 22.1. The van der Waals surface area contributed by atoms with Gasteiger partial charge in [-0.2, -0.15) is 4.98 Å².